The van der Waals surface area contributed by atoms with Gasteiger partial charge in [-0.1, -0.05) is 290 Å². The molecule has 0 aliphatic rings. The van der Waals surface area contributed by atoms with Crippen molar-refractivity contribution in [1.29, 1.82) is 0 Å². The van der Waals surface area contributed by atoms with Gasteiger partial charge in [-0.15, -0.1) is 0 Å². The molecule has 0 N–H and O–H groups in total. The molecule has 0 spiro atoms. The minimum atomic E-state index is -0.767. The molecule has 396 valence electrons. The molecule has 6 heteroatoms. The second kappa shape index (κ2) is 56.7. The zero-order valence-electron chi connectivity index (χ0n) is 45.5. The third kappa shape index (κ3) is 55.0. The number of esters is 3. The van der Waals surface area contributed by atoms with Crippen LogP contribution in [0.2, 0.25) is 0 Å². The fourth-order valence-corrected chi connectivity index (χ4v) is 9.21. The van der Waals surface area contributed by atoms with Crippen LogP contribution in [0, 0.1) is 0 Å². The molecule has 1 atom stereocenters. The lowest BCUT2D eigenvalue weighted by Gasteiger charge is -2.18. The maximum absolute atomic E-state index is 12.8. The Balaban J connectivity index is 4.20. The van der Waals surface area contributed by atoms with Gasteiger partial charge in [0.2, 0.25) is 0 Å². The van der Waals surface area contributed by atoms with Gasteiger partial charge in [0.25, 0.3) is 0 Å². The average molecular weight is 946 g/mol. The maximum Gasteiger partial charge on any atom is 0.306 e. The van der Waals surface area contributed by atoms with E-state index in [1.54, 1.807) is 0 Å². The summed E-state index contributed by atoms with van der Waals surface area (Å²) in [6.07, 6.45) is 65.0. The molecular formula is C61H116O6. The molecule has 0 saturated carbocycles. The second-order valence-corrected chi connectivity index (χ2v) is 20.6. The van der Waals surface area contributed by atoms with Gasteiger partial charge >= 0.3 is 17.9 Å². The van der Waals surface area contributed by atoms with Crippen molar-refractivity contribution in [2.45, 2.75) is 348 Å². The highest BCUT2D eigenvalue weighted by Gasteiger charge is 2.19. The molecule has 0 saturated heterocycles. The van der Waals surface area contributed by atoms with Crippen molar-refractivity contribution in [3.63, 3.8) is 0 Å². The number of hydrogen-bond acceptors (Lipinski definition) is 6. The van der Waals surface area contributed by atoms with E-state index in [2.05, 4.69) is 32.9 Å². The standard InChI is InChI=1S/C61H116O6/c1-4-7-10-13-16-19-22-25-27-28-29-30-31-32-33-34-35-37-39-42-45-48-51-54-60(63)66-57-58(56-65-59(62)53-50-47-44-41-38-24-21-18-15-12-9-6-3)67-61(64)55-52-49-46-43-40-36-26-23-20-17-14-11-8-5-2/h18,21,58H,4-17,19-20,22-57H2,1-3H3/b21-18-. The van der Waals surface area contributed by atoms with Gasteiger partial charge < -0.3 is 14.2 Å². The lowest BCUT2D eigenvalue weighted by atomic mass is 10.0. The minimum absolute atomic E-state index is 0.0665. The first-order valence-electron chi connectivity index (χ1n) is 30.2. The van der Waals surface area contributed by atoms with Crippen LogP contribution in [0.1, 0.15) is 342 Å². The van der Waals surface area contributed by atoms with Crippen LogP contribution in [-0.2, 0) is 28.6 Å². The van der Waals surface area contributed by atoms with Gasteiger partial charge in [-0.25, -0.2) is 0 Å². The number of allylic oxidation sites excluding steroid dienone is 2. The molecule has 0 fully saturated rings. The van der Waals surface area contributed by atoms with Gasteiger partial charge in [0, 0.05) is 19.3 Å². The molecular weight excluding hydrogens is 829 g/mol. The summed E-state index contributed by atoms with van der Waals surface area (Å²) in [6, 6.07) is 0. The highest BCUT2D eigenvalue weighted by molar-refractivity contribution is 5.71. The van der Waals surface area contributed by atoms with Crippen LogP contribution in [0.5, 0.6) is 0 Å². The van der Waals surface area contributed by atoms with Gasteiger partial charge in [0.1, 0.15) is 13.2 Å². The van der Waals surface area contributed by atoms with Crippen LogP contribution in [0.25, 0.3) is 0 Å². The minimum Gasteiger partial charge on any atom is -0.462 e. The van der Waals surface area contributed by atoms with Crippen molar-refractivity contribution in [3.05, 3.63) is 12.2 Å². The summed E-state index contributed by atoms with van der Waals surface area (Å²) in [7, 11) is 0. The molecule has 0 aromatic heterocycles. The van der Waals surface area contributed by atoms with Crippen LogP contribution < -0.4 is 0 Å². The molecule has 0 rings (SSSR count). The SMILES string of the molecule is CCCCC/C=C\CCCCCCCC(=O)OCC(COC(=O)CCCCCCCCCCCCCCCCCCCCCCCCC)OC(=O)CCCCCCCCCCCCCCCC. The summed E-state index contributed by atoms with van der Waals surface area (Å²) in [5.41, 5.74) is 0. The van der Waals surface area contributed by atoms with Crippen LogP contribution in [0.4, 0.5) is 0 Å². The number of carbonyl (C=O) groups is 3. The van der Waals surface area contributed by atoms with Gasteiger partial charge in [-0.2, -0.15) is 0 Å². The van der Waals surface area contributed by atoms with E-state index in [4.69, 9.17) is 14.2 Å². The smallest absolute Gasteiger partial charge is 0.306 e. The van der Waals surface area contributed by atoms with E-state index < -0.39 is 6.10 Å². The van der Waals surface area contributed by atoms with Gasteiger partial charge in [0.15, 0.2) is 6.10 Å². The molecule has 0 heterocycles. The highest BCUT2D eigenvalue weighted by atomic mass is 16.6. The second-order valence-electron chi connectivity index (χ2n) is 20.6. The Hall–Kier alpha value is -1.85. The summed E-state index contributed by atoms with van der Waals surface area (Å²) < 4.78 is 16.9. The van der Waals surface area contributed by atoms with E-state index in [0.29, 0.717) is 19.3 Å². The topological polar surface area (TPSA) is 78.9 Å². The molecule has 67 heavy (non-hydrogen) atoms. The van der Waals surface area contributed by atoms with Crippen molar-refractivity contribution in [3.8, 4) is 0 Å². The van der Waals surface area contributed by atoms with Crippen LogP contribution in [-0.4, -0.2) is 37.2 Å². The molecule has 0 aliphatic carbocycles. The first kappa shape index (κ1) is 65.1. The largest absolute Gasteiger partial charge is 0.462 e. The summed E-state index contributed by atoms with van der Waals surface area (Å²) in [5, 5.41) is 0. The van der Waals surface area contributed by atoms with Gasteiger partial charge in [-0.05, 0) is 44.9 Å². The van der Waals surface area contributed by atoms with Gasteiger partial charge in [0.05, 0.1) is 0 Å². The number of unbranched alkanes of at least 4 members (excludes halogenated alkanes) is 43. The van der Waals surface area contributed by atoms with Crippen LogP contribution >= 0.6 is 0 Å². The van der Waals surface area contributed by atoms with Crippen molar-refractivity contribution >= 4 is 17.9 Å². The van der Waals surface area contributed by atoms with Crippen molar-refractivity contribution in [2.75, 3.05) is 13.2 Å². The van der Waals surface area contributed by atoms with Gasteiger partial charge in [-0.3, -0.25) is 14.4 Å². The van der Waals surface area contributed by atoms with E-state index in [1.165, 1.54) is 238 Å². The average Bonchev–Trinajstić information content (AvgIpc) is 3.33. The highest BCUT2D eigenvalue weighted by Crippen LogP contribution is 2.18. The summed E-state index contributed by atoms with van der Waals surface area (Å²) in [4.78, 5) is 38.1. The van der Waals surface area contributed by atoms with Crippen LogP contribution in [0.3, 0.4) is 0 Å². The fourth-order valence-electron chi connectivity index (χ4n) is 9.21. The van der Waals surface area contributed by atoms with E-state index in [1.807, 2.05) is 0 Å². The first-order valence-corrected chi connectivity index (χ1v) is 30.2. The Morgan fingerprint density at radius 3 is 0.776 bits per heavy atom. The molecule has 0 aliphatic heterocycles. The van der Waals surface area contributed by atoms with E-state index in [9.17, 15) is 14.4 Å². The Morgan fingerprint density at radius 1 is 0.284 bits per heavy atom. The Morgan fingerprint density at radius 2 is 0.493 bits per heavy atom. The fraction of sp³-hybridized carbons (Fsp3) is 0.918. The summed E-state index contributed by atoms with van der Waals surface area (Å²) in [5.74, 6) is -0.851. The van der Waals surface area contributed by atoms with E-state index in [0.717, 1.165) is 64.2 Å². The molecule has 0 amide bonds. The molecule has 0 aromatic rings. The van der Waals surface area contributed by atoms with Crippen molar-refractivity contribution < 1.29 is 28.6 Å². The molecule has 6 nitrogen and oxygen atoms in total. The maximum atomic E-state index is 12.8. The quantitative estimate of drug-likeness (QED) is 0.0262. The lowest BCUT2D eigenvalue weighted by Crippen LogP contribution is -2.30. The molecule has 0 bridgehead atoms. The van der Waals surface area contributed by atoms with E-state index in [-0.39, 0.29) is 31.1 Å². The van der Waals surface area contributed by atoms with Crippen molar-refractivity contribution in [1.82, 2.24) is 0 Å². The molecule has 0 aromatic carbocycles. The Bertz CT molecular complexity index is 1040. The number of carbonyl (C=O) groups excluding carboxylic acids is 3. The summed E-state index contributed by atoms with van der Waals surface area (Å²) in [6.45, 7) is 6.67. The normalized spacial score (nSPS) is 12.0. The third-order valence-electron chi connectivity index (χ3n) is 13.8. The Labute approximate surface area is 418 Å². The zero-order valence-corrected chi connectivity index (χ0v) is 45.5. The number of hydrogen-bond donors (Lipinski definition) is 0. The predicted octanol–water partition coefficient (Wildman–Crippen LogP) is 20.1. The number of ether oxygens (including phenoxy) is 3. The number of rotatable bonds is 56. The van der Waals surface area contributed by atoms with Crippen LogP contribution in [0.15, 0.2) is 12.2 Å². The summed E-state index contributed by atoms with van der Waals surface area (Å²) >= 11 is 0. The Kier molecular flexibility index (Phi) is 55.2. The predicted molar refractivity (Wildman–Crippen MR) is 289 cm³/mol. The first-order chi connectivity index (χ1) is 33.0. The monoisotopic (exact) mass is 945 g/mol. The third-order valence-corrected chi connectivity index (χ3v) is 13.8. The van der Waals surface area contributed by atoms with Crippen molar-refractivity contribution in [2.24, 2.45) is 0 Å². The zero-order chi connectivity index (χ0) is 48.6. The molecule has 0 radical (unpaired) electrons. The molecule has 1 unspecified atom stereocenters. The lowest BCUT2D eigenvalue weighted by molar-refractivity contribution is -0.167. The van der Waals surface area contributed by atoms with E-state index >= 15 is 0 Å².